The lowest BCUT2D eigenvalue weighted by atomic mass is 10.2. The predicted molar refractivity (Wildman–Crippen MR) is 64.2 cm³/mol. The van der Waals surface area contributed by atoms with Crippen LogP contribution >= 0.6 is 11.8 Å². The number of benzene rings is 1. The molecule has 0 saturated carbocycles. The Labute approximate surface area is 94.6 Å². The van der Waals surface area contributed by atoms with Crippen LogP contribution in [0.2, 0.25) is 0 Å². The van der Waals surface area contributed by atoms with Gasteiger partial charge in [0.15, 0.2) is 0 Å². The van der Waals surface area contributed by atoms with Crippen LogP contribution in [-0.2, 0) is 6.54 Å². The molecule has 1 N–H and O–H groups in total. The highest BCUT2D eigenvalue weighted by Crippen LogP contribution is 2.31. The zero-order chi connectivity index (χ0) is 10.7. The highest BCUT2D eigenvalue weighted by atomic mass is 32.2. The molecule has 0 spiro atoms. The average Bonchev–Trinajstić information content (AvgIpc) is 2.62. The molecule has 80 valence electrons. The zero-order valence-corrected chi connectivity index (χ0v) is 9.57. The van der Waals surface area contributed by atoms with Gasteiger partial charge in [-0.1, -0.05) is 30.3 Å². The number of aliphatic hydroxyl groups is 1. The lowest BCUT2D eigenvalue weighted by molar-refractivity contribution is 0.206. The molecule has 1 atom stereocenters. The topological polar surface area (TPSA) is 23.5 Å². The highest BCUT2D eigenvalue weighted by molar-refractivity contribution is 8.02. The largest absolute Gasteiger partial charge is 0.393 e. The van der Waals surface area contributed by atoms with Crippen molar-refractivity contribution in [1.29, 1.82) is 0 Å². The summed E-state index contributed by atoms with van der Waals surface area (Å²) in [5.41, 5.74) is 2.52. The predicted octanol–water partition coefficient (Wildman–Crippen LogP) is 2.42. The molecule has 2 rings (SSSR count). The Kier molecular flexibility index (Phi) is 3.34. The van der Waals surface area contributed by atoms with Crippen LogP contribution in [0.3, 0.4) is 0 Å². The van der Waals surface area contributed by atoms with Gasteiger partial charge in [0, 0.05) is 12.2 Å². The first kappa shape index (κ1) is 10.6. The summed E-state index contributed by atoms with van der Waals surface area (Å²) in [5, 5.41) is 11.5. The quantitative estimate of drug-likeness (QED) is 0.848. The summed E-state index contributed by atoms with van der Waals surface area (Å²) in [4.78, 5) is 2.24. The number of allylic oxidation sites excluding steroid dienone is 1. The fourth-order valence-corrected chi connectivity index (χ4v) is 2.66. The van der Waals surface area contributed by atoms with Crippen molar-refractivity contribution >= 4 is 11.8 Å². The van der Waals surface area contributed by atoms with Crippen LogP contribution < -0.4 is 0 Å². The number of aliphatic hydroxyl groups excluding tert-OH is 1. The smallest absolute Gasteiger partial charge is 0.102 e. The molecule has 0 aliphatic carbocycles. The molecular formula is C12H15NOS. The van der Waals surface area contributed by atoms with Gasteiger partial charge < -0.3 is 10.0 Å². The third-order valence-electron chi connectivity index (χ3n) is 2.55. The van der Waals surface area contributed by atoms with Crippen LogP contribution in [0.4, 0.5) is 0 Å². The molecule has 0 radical (unpaired) electrons. The van der Waals surface area contributed by atoms with Crippen molar-refractivity contribution in [1.82, 2.24) is 4.90 Å². The Hall–Kier alpha value is -0.930. The molecule has 0 amide bonds. The fourth-order valence-electron chi connectivity index (χ4n) is 1.69. The Balaban J connectivity index is 2.08. The Morgan fingerprint density at radius 2 is 2.07 bits per heavy atom. The van der Waals surface area contributed by atoms with E-state index in [0.717, 1.165) is 6.54 Å². The molecule has 1 aromatic carbocycles. The van der Waals surface area contributed by atoms with Gasteiger partial charge in [0.25, 0.3) is 0 Å². The van der Waals surface area contributed by atoms with Crippen molar-refractivity contribution in [3.63, 3.8) is 0 Å². The molecule has 0 aromatic heterocycles. The normalized spacial score (nSPS) is 20.5. The standard InChI is InChI=1S/C12H15NOS/c1-10-9-15-12(8-14)13(10)7-11-5-3-2-4-6-11/h2-6,9,12,14H,7-8H2,1H3. The summed E-state index contributed by atoms with van der Waals surface area (Å²) in [6.45, 7) is 3.17. The fraction of sp³-hybridized carbons (Fsp3) is 0.333. The van der Waals surface area contributed by atoms with Crippen LogP contribution in [0.5, 0.6) is 0 Å². The molecule has 3 heteroatoms. The zero-order valence-electron chi connectivity index (χ0n) is 8.76. The van der Waals surface area contributed by atoms with E-state index in [1.54, 1.807) is 11.8 Å². The molecule has 2 nitrogen and oxygen atoms in total. The van der Waals surface area contributed by atoms with E-state index in [-0.39, 0.29) is 12.0 Å². The maximum absolute atomic E-state index is 9.24. The van der Waals surface area contributed by atoms with Crippen LogP contribution in [0.1, 0.15) is 12.5 Å². The summed E-state index contributed by atoms with van der Waals surface area (Å²) in [6, 6.07) is 10.3. The lowest BCUT2D eigenvalue weighted by Gasteiger charge is -2.26. The third-order valence-corrected chi connectivity index (χ3v) is 3.74. The van der Waals surface area contributed by atoms with Gasteiger partial charge in [-0.05, 0) is 17.9 Å². The van der Waals surface area contributed by atoms with E-state index in [4.69, 9.17) is 0 Å². The average molecular weight is 221 g/mol. The van der Waals surface area contributed by atoms with E-state index in [0.29, 0.717) is 0 Å². The van der Waals surface area contributed by atoms with Crippen LogP contribution in [0.25, 0.3) is 0 Å². The SMILES string of the molecule is CC1=CSC(CO)N1Cc1ccccc1. The van der Waals surface area contributed by atoms with Crippen LogP contribution in [0.15, 0.2) is 41.4 Å². The number of rotatable bonds is 3. The van der Waals surface area contributed by atoms with Crippen molar-refractivity contribution in [3.8, 4) is 0 Å². The van der Waals surface area contributed by atoms with E-state index in [9.17, 15) is 5.11 Å². The minimum absolute atomic E-state index is 0.185. The van der Waals surface area contributed by atoms with E-state index in [2.05, 4.69) is 29.4 Å². The molecule has 15 heavy (non-hydrogen) atoms. The van der Waals surface area contributed by atoms with Crippen LogP contribution in [0, 0.1) is 0 Å². The minimum Gasteiger partial charge on any atom is -0.393 e. The molecular weight excluding hydrogens is 206 g/mol. The second-order valence-electron chi connectivity index (χ2n) is 3.65. The Morgan fingerprint density at radius 3 is 2.73 bits per heavy atom. The molecule has 0 saturated heterocycles. The Morgan fingerprint density at radius 1 is 1.33 bits per heavy atom. The van der Waals surface area contributed by atoms with E-state index < -0.39 is 0 Å². The molecule has 0 bridgehead atoms. The van der Waals surface area contributed by atoms with E-state index >= 15 is 0 Å². The number of nitrogens with zero attached hydrogens (tertiary/aromatic N) is 1. The maximum atomic E-state index is 9.24. The molecule has 0 fully saturated rings. The van der Waals surface area contributed by atoms with Crippen molar-refractivity contribution in [2.75, 3.05) is 6.61 Å². The van der Waals surface area contributed by atoms with Gasteiger partial charge in [0.2, 0.25) is 0 Å². The summed E-state index contributed by atoms with van der Waals surface area (Å²) < 4.78 is 0. The summed E-state index contributed by atoms with van der Waals surface area (Å²) in [5.74, 6) is 0. The van der Waals surface area contributed by atoms with Crippen molar-refractivity contribution in [3.05, 3.63) is 47.0 Å². The first-order chi connectivity index (χ1) is 7.31. The summed E-state index contributed by atoms with van der Waals surface area (Å²) in [7, 11) is 0. The van der Waals surface area contributed by atoms with Gasteiger partial charge in [0.1, 0.15) is 5.37 Å². The van der Waals surface area contributed by atoms with Crippen LogP contribution in [-0.4, -0.2) is 22.0 Å². The van der Waals surface area contributed by atoms with Gasteiger partial charge in [-0.3, -0.25) is 0 Å². The second-order valence-corrected chi connectivity index (χ2v) is 4.70. The van der Waals surface area contributed by atoms with Gasteiger partial charge >= 0.3 is 0 Å². The second kappa shape index (κ2) is 4.73. The molecule has 1 aliphatic rings. The van der Waals surface area contributed by atoms with Gasteiger partial charge in [-0.15, -0.1) is 11.8 Å². The monoisotopic (exact) mass is 221 g/mol. The van der Waals surface area contributed by atoms with Gasteiger partial charge in [-0.2, -0.15) is 0 Å². The van der Waals surface area contributed by atoms with Gasteiger partial charge in [0.05, 0.1) is 6.61 Å². The van der Waals surface area contributed by atoms with Crippen molar-refractivity contribution < 1.29 is 5.11 Å². The molecule has 1 unspecified atom stereocenters. The van der Waals surface area contributed by atoms with Gasteiger partial charge in [-0.25, -0.2) is 0 Å². The number of hydrogen-bond donors (Lipinski definition) is 1. The van der Waals surface area contributed by atoms with Crippen molar-refractivity contribution in [2.24, 2.45) is 0 Å². The van der Waals surface area contributed by atoms with E-state index in [1.165, 1.54) is 11.3 Å². The molecule has 1 aromatic rings. The maximum Gasteiger partial charge on any atom is 0.102 e. The lowest BCUT2D eigenvalue weighted by Crippen LogP contribution is -2.29. The third kappa shape index (κ3) is 2.36. The Bertz CT molecular complexity index is 350. The minimum atomic E-state index is 0.185. The summed E-state index contributed by atoms with van der Waals surface area (Å²) in [6.07, 6.45) is 0. The number of hydrogen-bond acceptors (Lipinski definition) is 3. The molecule has 1 heterocycles. The highest BCUT2D eigenvalue weighted by Gasteiger charge is 2.23. The summed E-state index contributed by atoms with van der Waals surface area (Å²) >= 11 is 1.69. The molecule has 1 aliphatic heterocycles. The van der Waals surface area contributed by atoms with E-state index in [1.807, 2.05) is 18.2 Å². The number of thioether (sulfide) groups is 1. The first-order valence-electron chi connectivity index (χ1n) is 5.05. The first-order valence-corrected chi connectivity index (χ1v) is 5.99. The van der Waals surface area contributed by atoms with Crippen molar-refractivity contribution in [2.45, 2.75) is 18.8 Å².